The van der Waals surface area contributed by atoms with Crippen LogP contribution in [0.1, 0.15) is 0 Å². The Morgan fingerprint density at radius 2 is 1.32 bits per heavy atom. The molecule has 0 atom stereocenters. The van der Waals surface area contributed by atoms with Gasteiger partial charge in [-0.15, -0.1) is 0 Å². The molecule has 4 aromatic heterocycles. The molecule has 0 aliphatic rings. The van der Waals surface area contributed by atoms with Crippen molar-refractivity contribution >= 4 is 59.0 Å². The smallest absolute Gasteiger partial charge is 0.277 e. The second-order valence-corrected chi connectivity index (χ2v) is 5.29. The number of hydrogen-bond acceptors (Lipinski definition) is 6. The van der Waals surface area contributed by atoms with E-state index in [1.165, 1.54) is 6.33 Å². The van der Waals surface area contributed by atoms with Gasteiger partial charge in [0, 0.05) is 0 Å². The molecule has 22 heavy (non-hydrogen) atoms. The minimum atomic E-state index is -0.249. The third-order valence-electron chi connectivity index (χ3n) is 2.65. The van der Waals surface area contributed by atoms with Crippen LogP contribution in [-0.4, -0.2) is 39.9 Å². The van der Waals surface area contributed by atoms with E-state index in [0.717, 1.165) is 5.52 Å². The van der Waals surface area contributed by atoms with Crippen LogP contribution in [-0.2, 0) is 0 Å². The van der Waals surface area contributed by atoms with Crippen molar-refractivity contribution in [2.24, 2.45) is 0 Å². The van der Waals surface area contributed by atoms with Gasteiger partial charge in [-0.25, -0.2) is 9.97 Å². The van der Waals surface area contributed by atoms with Gasteiger partial charge >= 0.3 is 0 Å². The summed E-state index contributed by atoms with van der Waals surface area (Å²) in [7, 11) is 0. The zero-order valence-electron chi connectivity index (χ0n) is 10.7. The Morgan fingerprint density at radius 1 is 0.773 bits per heavy atom. The first-order chi connectivity index (χ1) is 10.5. The highest BCUT2D eigenvalue weighted by Crippen LogP contribution is 2.04. The first kappa shape index (κ1) is 14.5. The predicted molar refractivity (Wildman–Crippen MR) is 88.4 cm³/mol. The van der Waals surface area contributed by atoms with E-state index in [4.69, 9.17) is 36.7 Å². The second-order valence-electron chi connectivity index (χ2n) is 4.07. The highest BCUT2D eigenvalue weighted by atomic mass is 32.1. The number of H-pyrrole nitrogens is 6. The summed E-state index contributed by atoms with van der Waals surface area (Å²) in [5.41, 5.74) is 2.13. The van der Waals surface area contributed by atoms with E-state index in [-0.39, 0.29) is 10.3 Å². The third-order valence-corrected chi connectivity index (χ3v) is 3.37. The average molecular weight is 352 g/mol. The summed E-state index contributed by atoms with van der Waals surface area (Å²) in [4.78, 5) is 35.3. The molecule has 9 nitrogen and oxygen atoms in total. The lowest BCUT2D eigenvalue weighted by atomic mass is 10.6. The standard InChI is InChI=1S/C5H4N4OS.C5H4N4S2/c2*10-4-2-3(7-1-6-2)8-5(11)9-4/h2*1H,(H3,6,7,8,9,10,11). The molecule has 4 aromatic rings. The van der Waals surface area contributed by atoms with Crippen LogP contribution < -0.4 is 5.56 Å². The van der Waals surface area contributed by atoms with Crippen LogP contribution in [0.4, 0.5) is 0 Å². The molecule has 0 bridgehead atoms. The van der Waals surface area contributed by atoms with Crippen LogP contribution >= 0.6 is 36.7 Å². The lowest BCUT2D eigenvalue weighted by Crippen LogP contribution is -2.07. The topological polar surface area (TPSA) is 138 Å². The summed E-state index contributed by atoms with van der Waals surface area (Å²) >= 11 is 14.6. The van der Waals surface area contributed by atoms with E-state index in [9.17, 15) is 4.79 Å². The third kappa shape index (κ3) is 2.79. The maximum atomic E-state index is 11.0. The normalized spacial score (nSPS) is 10.5. The zero-order valence-corrected chi connectivity index (χ0v) is 13.1. The van der Waals surface area contributed by atoms with E-state index in [1.807, 2.05) is 0 Å². The molecule has 0 aliphatic heterocycles. The van der Waals surface area contributed by atoms with E-state index >= 15 is 0 Å². The Bertz CT molecular complexity index is 1080. The minimum absolute atomic E-state index is 0.249. The van der Waals surface area contributed by atoms with Crippen molar-refractivity contribution in [1.29, 1.82) is 0 Å². The van der Waals surface area contributed by atoms with Crippen molar-refractivity contribution in [3.8, 4) is 0 Å². The van der Waals surface area contributed by atoms with Crippen LogP contribution in [0.15, 0.2) is 17.4 Å². The zero-order chi connectivity index (χ0) is 15.7. The Hall–Kier alpha value is -2.44. The van der Waals surface area contributed by atoms with E-state index in [0.29, 0.717) is 26.2 Å². The molecule has 0 unspecified atom stereocenters. The lowest BCUT2D eigenvalue weighted by molar-refractivity contribution is 1.12. The summed E-state index contributed by atoms with van der Waals surface area (Å²) < 4.78 is 1.37. The van der Waals surface area contributed by atoms with Crippen molar-refractivity contribution in [2.45, 2.75) is 0 Å². The van der Waals surface area contributed by atoms with Gasteiger partial charge in [0.2, 0.25) is 0 Å². The highest BCUT2D eigenvalue weighted by Gasteiger charge is 1.98. The molecule has 0 fully saturated rings. The molecule has 0 aromatic carbocycles. The number of imidazole rings is 2. The molecule has 0 amide bonds. The van der Waals surface area contributed by atoms with Crippen molar-refractivity contribution in [1.82, 2.24) is 39.9 Å². The Kier molecular flexibility index (Phi) is 3.79. The molecule has 6 N–H and O–H groups in total. The molecular formula is C10H8N8OS3. The summed E-state index contributed by atoms with van der Waals surface area (Å²) in [6.45, 7) is 0. The average Bonchev–Trinajstić information content (AvgIpc) is 3.07. The molecule has 4 heterocycles. The SMILES string of the molecule is O=c1[nH]c(=S)[nH]c2nc[nH]c12.S=c1[nH]c(=S)c2[nH]cnc2[nH]1. The maximum absolute atomic E-state index is 11.0. The van der Waals surface area contributed by atoms with E-state index in [1.54, 1.807) is 6.33 Å². The number of fused-ring (bicyclic) bond motifs is 2. The summed E-state index contributed by atoms with van der Waals surface area (Å²) in [5.74, 6) is 0. The molecule has 0 radical (unpaired) electrons. The molecule has 12 heteroatoms. The largest absolute Gasteiger partial charge is 0.341 e. The minimum Gasteiger partial charge on any atom is -0.341 e. The van der Waals surface area contributed by atoms with Gasteiger partial charge in [0.15, 0.2) is 20.8 Å². The monoisotopic (exact) mass is 352 g/mol. The molecular weight excluding hydrogens is 344 g/mol. The molecule has 4 rings (SSSR count). The van der Waals surface area contributed by atoms with Crippen LogP contribution in [0.5, 0.6) is 0 Å². The number of aromatic amines is 6. The number of nitrogens with zero attached hydrogens (tertiary/aromatic N) is 2. The second kappa shape index (κ2) is 5.75. The van der Waals surface area contributed by atoms with Gasteiger partial charge in [0.05, 0.1) is 12.7 Å². The van der Waals surface area contributed by atoms with Gasteiger partial charge in [-0.2, -0.15) is 0 Å². The van der Waals surface area contributed by atoms with Gasteiger partial charge in [0.1, 0.15) is 15.7 Å². The fourth-order valence-corrected chi connectivity index (χ4v) is 2.44. The van der Waals surface area contributed by atoms with Crippen LogP contribution in [0.2, 0.25) is 0 Å². The van der Waals surface area contributed by atoms with E-state index in [2.05, 4.69) is 39.9 Å². The van der Waals surface area contributed by atoms with Crippen molar-refractivity contribution in [2.75, 3.05) is 0 Å². The van der Waals surface area contributed by atoms with Gasteiger partial charge < -0.3 is 24.9 Å². The van der Waals surface area contributed by atoms with Crippen LogP contribution in [0.25, 0.3) is 22.3 Å². The van der Waals surface area contributed by atoms with Gasteiger partial charge in [-0.05, 0) is 24.4 Å². The first-order valence-corrected chi connectivity index (χ1v) is 7.08. The predicted octanol–water partition coefficient (Wildman–Crippen LogP) is 1.99. The van der Waals surface area contributed by atoms with Crippen molar-refractivity contribution in [3.05, 3.63) is 37.2 Å². The lowest BCUT2D eigenvalue weighted by Gasteiger charge is -1.87. The molecule has 0 saturated carbocycles. The summed E-state index contributed by atoms with van der Waals surface area (Å²) in [5, 5.41) is 0. The fourth-order valence-electron chi connectivity index (χ4n) is 1.73. The number of rotatable bonds is 0. The van der Waals surface area contributed by atoms with E-state index < -0.39 is 0 Å². The highest BCUT2D eigenvalue weighted by molar-refractivity contribution is 7.72. The quantitative estimate of drug-likeness (QED) is 0.268. The maximum Gasteiger partial charge on any atom is 0.277 e. The summed E-state index contributed by atoms with van der Waals surface area (Å²) in [6.07, 6.45) is 3.00. The van der Waals surface area contributed by atoms with Crippen molar-refractivity contribution in [3.63, 3.8) is 0 Å². The number of aromatic nitrogens is 8. The number of hydrogen-bond donors (Lipinski definition) is 6. The molecule has 0 spiro atoms. The van der Waals surface area contributed by atoms with Crippen molar-refractivity contribution < 1.29 is 0 Å². The molecule has 0 aliphatic carbocycles. The van der Waals surface area contributed by atoms with Crippen LogP contribution in [0.3, 0.4) is 0 Å². The molecule has 0 saturated heterocycles. The number of nitrogens with one attached hydrogen (secondary N) is 6. The van der Waals surface area contributed by atoms with Gasteiger partial charge in [-0.3, -0.25) is 9.78 Å². The Morgan fingerprint density at radius 3 is 2.00 bits per heavy atom. The van der Waals surface area contributed by atoms with Gasteiger partial charge in [-0.1, -0.05) is 12.2 Å². The fraction of sp³-hybridized carbons (Fsp3) is 0. The Labute approximate surface area is 136 Å². The Balaban J connectivity index is 0.000000131. The summed E-state index contributed by atoms with van der Waals surface area (Å²) in [6, 6.07) is 0. The molecule has 112 valence electrons. The van der Waals surface area contributed by atoms with Crippen LogP contribution in [0, 0.1) is 14.2 Å². The first-order valence-electron chi connectivity index (χ1n) is 5.86. The van der Waals surface area contributed by atoms with Gasteiger partial charge in [0.25, 0.3) is 5.56 Å².